The molecule has 102 valence electrons. The van der Waals surface area contributed by atoms with Gasteiger partial charge >= 0.3 is 0 Å². The summed E-state index contributed by atoms with van der Waals surface area (Å²) in [5, 5.41) is 8.41. The highest BCUT2D eigenvalue weighted by Gasteiger charge is 2.32. The van der Waals surface area contributed by atoms with E-state index in [1.54, 1.807) is 0 Å². The van der Waals surface area contributed by atoms with E-state index in [0.717, 1.165) is 12.3 Å². The van der Waals surface area contributed by atoms with Gasteiger partial charge in [-0.15, -0.1) is 10.2 Å². The lowest BCUT2D eigenvalue weighted by molar-refractivity contribution is 0.391. The smallest absolute Gasteiger partial charge is 0.276 e. The minimum absolute atomic E-state index is 0.120. The molecule has 0 bridgehead atoms. The van der Waals surface area contributed by atoms with Crippen molar-refractivity contribution < 1.29 is 12.8 Å². The summed E-state index contributed by atoms with van der Waals surface area (Å²) in [6.07, 6.45) is 0.590. The van der Waals surface area contributed by atoms with Crippen molar-refractivity contribution in [2.75, 3.05) is 37.9 Å². The first-order valence-corrected chi connectivity index (χ1v) is 8.58. The van der Waals surface area contributed by atoms with Crippen LogP contribution in [0.15, 0.2) is 9.64 Å². The Balaban J connectivity index is 1.90. The molecule has 0 N–H and O–H groups in total. The van der Waals surface area contributed by atoms with Gasteiger partial charge in [0.25, 0.3) is 5.22 Å². The summed E-state index contributed by atoms with van der Waals surface area (Å²) < 4.78 is 28.2. The highest BCUT2D eigenvalue weighted by Crippen LogP contribution is 2.29. The third-order valence-corrected chi connectivity index (χ3v) is 5.33. The van der Waals surface area contributed by atoms with Crippen molar-refractivity contribution in [3.63, 3.8) is 0 Å². The zero-order valence-electron chi connectivity index (χ0n) is 10.5. The molecule has 1 aliphatic rings. The molecule has 0 spiro atoms. The van der Waals surface area contributed by atoms with E-state index in [2.05, 4.69) is 15.1 Å². The third-order valence-electron chi connectivity index (χ3n) is 2.77. The lowest BCUT2D eigenvalue weighted by atomic mass is 10.1. The van der Waals surface area contributed by atoms with E-state index < -0.39 is 9.84 Å². The van der Waals surface area contributed by atoms with Crippen LogP contribution in [0.4, 0.5) is 0 Å². The number of hydrogen-bond acceptors (Lipinski definition) is 7. The largest absolute Gasteiger partial charge is 0.416 e. The van der Waals surface area contributed by atoms with Gasteiger partial charge < -0.3 is 9.32 Å². The van der Waals surface area contributed by atoms with E-state index in [4.69, 9.17) is 4.42 Å². The molecule has 0 saturated carbocycles. The SMILES string of the molecule is CN(C)CCSc1nnc([C@H]2CCS(=O)(=O)C2)o1. The summed E-state index contributed by atoms with van der Waals surface area (Å²) in [5.74, 6) is 1.58. The van der Waals surface area contributed by atoms with Gasteiger partial charge in [0.1, 0.15) is 0 Å². The van der Waals surface area contributed by atoms with Crippen LogP contribution in [0.3, 0.4) is 0 Å². The van der Waals surface area contributed by atoms with Gasteiger partial charge in [0.2, 0.25) is 5.89 Å². The highest BCUT2D eigenvalue weighted by molar-refractivity contribution is 7.99. The fourth-order valence-electron chi connectivity index (χ4n) is 1.75. The molecule has 18 heavy (non-hydrogen) atoms. The molecule has 1 saturated heterocycles. The van der Waals surface area contributed by atoms with E-state index in [0.29, 0.717) is 17.5 Å². The van der Waals surface area contributed by atoms with Gasteiger partial charge in [-0.3, -0.25) is 0 Å². The molecule has 1 aliphatic heterocycles. The Hall–Kier alpha value is -0.600. The maximum Gasteiger partial charge on any atom is 0.276 e. The van der Waals surface area contributed by atoms with Crippen LogP contribution in [-0.4, -0.2) is 61.4 Å². The Labute approximate surface area is 111 Å². The molecular formula is C10H17N3O3S2. The molecule has 2 rings (SSSR count). The second-order valence-electron chi connectivity index (χ2n) is 4.66. The Morgan fingerprint density at radius 3 is 2.83 bits per heavy atom. The molecule has 6 nitrogen and oxygen atoms in total. The average Bonchev–Trinajstić information content (AvgIpc) is 2.84. The summed E-state index contributed by atoms with van der Waals surface area (Å²) in [6.45, 7) is 0.931. The van der Waals surface area contributed by atoms with Crippen LogP contribution < -0.4 is 0 Å². The summed E-state index contributed by atoms with van der Waals surface area (Å²) in [6, 6.07) is 0. The predicted octanol–water partition coefficient (Wildman–Crippen LogP) is 0.625. The Bertz CT molecular complexity index is 498. The summed E-state index contributed by atoms with van der Waals surface area (Å²) in [4.78, 5) is 2.08. The molecule has 2 heterocycles. The standard InChI is InChI=1S/C10H17N3O3S2/c1-13(2)4-5-17-10-12-11-9(16-10)8-3-6-18(14,15)7-8/h8H,3-7H2,1-2H3/t8-/m0/s1. The van der Waals surface area contributed by atoms with Gasteiger partial charge in [-0.2, -0.15) is 0 Å². The quantitative estimate of drug-likeness (QED) is 0.736. The summed E-state index contributed by atoms with van der Waals surface area (Å²) >= 11 is 1.50. The van der Waals surface area contributed by atoms with Crippen molar-refractivity contribution in [3.8, 4) is 0 Å². The molecule has 1 aromatic heterocycles. The number of aromatic nitrogens is 2. The normalized spacial score (nSPS) is 22.7. The van der Waals surface area contributed by atoms with Crippen LogP contribution in [0.2, 0.25) is 0 Å². The maximum atomic E-state index is 11.4. The number of sulfone groups is 1. The van der Waals surface area contributed by atoms with Crippen LogP contribution >= 0.6 is 11.8 Å². The highest BCUT2D eigenvalue weighted by atomic mass is 32.2. The number of rotatable bonds is 5. The lowest BCUT2D eigenvalue weighted by Gasteiger charge is -2.06. The van der Waals surface area contributed by atoms with E-state index in [-0.39, 0.29) is 17.4 Å². The van der Waals surface area contributed by atoms with E-state index in [9.17, 15) is 8.42 Å². The lowest BCUT2D eigenvalue weighted by Crippen LogP contribution is -2.14. The molecule has 1 atom stereocenters. The molecule has 0 aromatic carbocycles. The molecule has 0 aliphatic carbocycles. The topological polar surface area (TPSA) is 76.3 Å². The number of hydrogen-bond donors (Lipinski definition) is 0. The van der Waals surface area contributed by atoms with Crippen LogP contribution in [0.5, 0.6) is 0 Å². The zero-order valence-corrected chi connectivity index (χ0v) is 12.1. The number of nitrogens with zero attached hydrogens (tertiary/aromatic N) is 3. The van der Waals surface area contributed by atoms with Gasteiger partial charge in [-0.1, -0.05) is 11.8 Å². The van der Waals surface area contributed by atoms with Gasteiger partial charge in [0.15, 0.2) is 9.84 Å². The first-order chi connectivity index (χ1) is 8.46. The molecular weight excluding hydrogens is 274 g/mol. The Morgan fingerprint density at radius 1 is 1.44 bits per heavy atom. The second-order valence-corrected chi connectivity index (χ2v) is 7.93. The molecule has 0 amide bonds. The van der Waals surface area contributed by atoms with Crippen LogP contribution in [0.1, 0.15) is 18.2 Å². The van der Waals surface area contributed by atoms with Crippen molar-refractivity contribution in [2.45, 2.75) is 17.6 Å². The Morgan fingerprint density at radius 2 is 2.22 bits per heavy atom. The van der Waals surface area contributed by atoms with E-state index >= 15 is 0 Å². The number of thioether (sulfide) groups is 1. The minimum Gasteiger partial charge on any atom is -0.416 e. The van der Waals surface area contributed by atoms with Gasteiger partial charge in [0.05, 0.1) is 17.4 Å². The second kappa shape index (κ2) is 5.58. The maximum absolute atomic E-state index is 11.4. The van der Waals surface area contributed by atoms with Crippen molar-refractivity contribution in [1.82, 2.24) is 15.1 Å². The first kappa shape index (κ1) is 13.8. The minimum atomic E-state index is -2.90. The van der Waals surface area contributed by atoms with Crippen molar-refractivity contribution in [1.29, 1.82) is 0 Å². The average molecular weight is 291 g/mol. The summed E-state index contributed by atoms with van der Waals surface area (Å²) in [5.41, 5.74) is 0. The summed E-state index contributed by atoms with van der Waals surface area (Å²) in [7, 11) is 1.10. The fourth-order valence-corrected chi connectivity index (χ4v) is 4.36. The molecule has 0 unspecified atom stereocenters. The van der Waals surface area contributed by atoms with Crippen molar-refractivity contribution in [3.05, 3.63) is 5.89 Å². The fraction of sp³-hybridized carbons (Fsp3) is 0.800. The molecule has 0 radical (unpaired) electrons. The van der Waals surface area contributed by atoms with Crippen molar-refractivity contribution in [2.24, 2.45) is 0 Å². The monoisotopic (exact) mass is 291 g/mol. The van der Waals surface area contributed by atoms with Crippen LogP contribution in [0.25, 0.3) is 0 Å². The van der Waals surface area contributed by atoms with Gasteiger partial charge in [0, 0.05) is 12.3 Å². The first-order valence-electron chi connectivity index (χ1n) is 5.77. The molecule has 1 fully saturated rings. The van der Waals surface area contributed by atoms with Gasteiger partial charge in [-0.05, 0) is 20.5 Å². The predicted molar refractivity (Wildman–Crippen MR) is 69.6 cm³/mol. The van der Waals surface area contributed by atoms with Crippen LogP contribution in [0, 0.1) is 0 Å². The zero-order chi connectivity index (χ0) is 13.2. The van der Waals surface area contributed by atoms with E-state index in [1.165, 1.54) is 11.8 Å². The van der Waals surface area contributed by atoms with Crippen molar-refractivity contribution >= 4 is 21.6 Å². The third kappa shape index (κ3) is 3.69. The van der Waals surface area contributed by atoms with Gasteiger partial charge in [-0.25, -0.2) is 8.42 Å². The Kier molecular flexibility index (Phi) is 4.29. The molecule has 1 aromatic rings. The molecule has 8 heteroatoms. The van der Waals surface area contributed by atoms with Crippen LogP contribution in [-0.2, 0) is 9.84 Å². The van der Waals surface area contributed by atoms with E-state index in [1.807, 2.05) is 14.1 Å².